The minimum absolute atomic E-state index is 0.0399. The van der Waals surface area contributed by atoms with Gasteiger partial charge in [-0.2, -0.15) is 0 Å². The maximum absolute atomic E-state index is 11.4. The molecule has 100 valence electrons. The largest absolute Gasteiger partial charge is 0.386 e. The second-order valence-electron chi connectivity index (χ2n) is 3.95. The molecule has 1 aromatic heterocycles. The van der Waals surface area contributed by atoms with Crippen LogP contribution in [0.15, 0.2) is 16.9 Å². The van der Waals surface area contributed by atoms with E-state index in [0.717, 1.165) is 0 Å². The molecule has 8 heteroatoms. The smallest absolute Gasteiger partial charge is 0.314 e. The van der Waals surface area contributed by atoms with Gasteiger partial charge in [-0.25, -0.2) is 0 Å². The molecule has 1 rings (SSSR count). The van der Waals surface area contributed by atoms with Gasteiger partial charge in [-0.05, 0) is 6.92 Å². The number of anilines is 1. The first-order chi connectivity index (χ1) is 8.44. The summed E-state index contributed by atoms with van der Waals surface area (Å²) in [5.41, 5.74) is -1.24. The molecular formula is C10H15N3O5. The Morgan fingerprint density at radius 2 is 2.28 bits per heavy atom. The van der Waals surface area contributed by atoms with E-state index in [-0.39, 0.29) is 19.0 Å². The van der Waals surface area contributed by atoms with Crippen molar-refractivity contribution in [2.45, 2.75) is 12.5 Å². The predicted molar refractivity (Wildman–Crippen MR) is 60.6 cm³/mol. The molecule has 0 aliphatic heterocycles. The van der Waals surface area contributed by atoms with E-state index in [0.29, 0.717) is 0 Å². The topological polar surface area (TPSA) is 114 Å². The van der Waals surface area contributed by atoms with Gasteiger partial charge in [0.15, 0.2) is 5.82 Å². The van der Waals surface area contributed by atoms with Crippen LogP contribution in [0.4, 0.5) is 5.82 Å². The maximum Gasteiger partial charge on any atom is 0.314 e. The Kier molecular flexibility index (Phi) is 4.81. The lowest BCUT2D eigenvalue weighted by Gasteiger charge is -2.22. The quantitative estimate of drug-likeness (QED) is 0.591. The fraction of sp³-hybridized carbons (Fsp3) is 0.500. The molecule has 0 aliphatic carbocycles. The van der Waals surface area contributed by atoms with E-state index < -0.39 is 17.4 Å². The van der Waals surface area contributed by atoms with Crippen LogP contribution in [0.5, 0.6) is 0 Å². The molecule has 1 atom stereocenters. The number of aromatic nitrogens is 1. The zero-order valence-corrected chi connectivity index (χ0v) is 10.1. The summed E-state index contributed by atoms with van der Waals surface area (Å²) in [4.78, 5) is 22.8. The van der Waals surface area contributed by atoms with E-state index in [1.807, 2.05) is 0 Å². The highest BCUT2D eigenvalue weighted by molar-refractivity contribution is 6.39. The third kappa shape index (κ3) is 4.52. The third-order valence-electron chi connectivity index (χ3n) is 1.97. The average molecular weight is 257 g/mol. The Morgan fingerprint density at radius 3 is 2.83 bits per heavy atom. The molecule has 0 fully saturated rings. The highest BCUT2D eigenvalue weighted by atomic mass is 16.5. The van der Waals surface area contributed by atoms with E-state index in [1.165, 1.54) is 26.4 Å². The third-order valence-corrected chi connectivity index (χ3v) is 1.97. The first-order valence-electron chi connectivity index (χ1n) is 5.15. The minimum atomic E-state index is -1.24. The molecule has 0 saturated carbocycles. The monoisotopic (exact) mass is 257 g/mol. The van der Waals surface area contributed by atoms with Crippen LogP contribution in [0.1, 0.15) is 6.92 Å². The Hall–Kier alpha value is -1.93. The van der Waals surface area contributed by atoms with Gasteiger partial charge in [0, 0.05) is 19.7 Å². The lowest BCUT2D eigenvalue weighted by molar-refractivity contribution is -0.137. The number of hydrogen-bond donors (Lipinski definition) is 3. The van der Waals surface area contributed by atoms with Crippen molar-refractivity contribution >= 4 is 17.6 Å². The van der Waals surface area contributed by atoms with Gasteiger partial charge in [-0.15, -0.1) is 0 Å². The normalized spacial score (nSPS) is 13.7. The highest BCUT2D eigenvalue weighted by Gasteiger charge is 2.23. The number of methoxy groups -OCH3 is 1. The summed E-state index contributed by atoms with van der Waals surface area (Å²) in [7, 11) is 1.42. The summed E-state index contributed by atoms with van der Waals surface area (Å²) in [6.07, 6.45) is 1.26. The van der Waals surface area contributed by atoms with E-state index in [4.69, 9.17) is 4.74 Å². The number of hydrogen-bond acceptors (Lipinski definition) is 6. The lowest BCUT2D eigenvalue weighted by atomic mass is 10.1. The molecule has 0 aliphatic rings. The fourth-order valence-electron chi connectivity index (χ4n) is 1.16. The summed E-state index contributed by atoms with van der Waals surface area (Å²) < 4.78 is 9.25. The van der Waals surface area contributed by atoms with E-state index in [1.54, 1.807) is 0 Å². The van der Waals surface area contributed by atoms with Crippen LogP contribution in [0, 0.1) is 0 Å². The highest BCUT2D eigenvalue weighted by Crippen LogP contribution is 2.02. The lowest BCUT2D eigenvalue weighted by Crippen LogP contribution is -2.46. The minimum Gasteiger partial charge on any atom is -0.386 e. The number of ether oxygens (including phenoxy) is 1. The van der Waals surface area contributed by atoms with Crippen molar-refractivity contribution in [3.63, 3.8) is 0 Å². The van der Waals surface area contributed by atoms with Crippen LogP contribution in [0.2, 0.25) is 0 Å². The van der Waals surface area contributed by atoms with Crippen LogP contribution >= 0.6 is 0 Å². The van der Waals surface area contributed by atoms with Gasteiger partial charge in [0.25, 0.3) is 0 Å². The van der Waals surface area contributed by atoms with Crippen molar-refractivity contribution in [1.29, 1.82) is 0 Å². The SMILES string of the molecule is COC[C@](C)(O)CNC(=O)C(=O)Nc1ccon1. The first kappa shape index (κ1) is 14.1. The Balaban J connectivity index is 2.39. The number of carbonyl (C=O) groups is 2. The summed E-state index contributed by atoms with van der Waals surface area (Å²) in [6.45, 7) is 1.41. The molecule has 0 saturated heterocycles. The van der Waals surface area contributed by atoms with Gasteiger partial charge >= 0.3 is 11.8 Å². The molecule has 0 aromatic carbocycles. The van der Waals surface area contributed by atoms with Crippen molar-refractivity contribution in [1.82, 2.24) is 10.5 Å². The second kappa shape index (κ2) is 6.12. The van der Waals surface area contributed by atoms with Gasteiger partial charge < -0.3 is 19.7 Å². The number of nitrogens with zero attached hydrogens (tertiary/aromatic N) is 1. The van der Waals surface area contributed by atoms with Gasteiger partial charge in [-0.1, -0.05) is 5.16 Å². The van der Waals surface area contributed by atoms with Crippen molar-refractivity contribution in [3.05, 3.63) is 12.3 Å². The number of carbonyl (C=O) groups excluding carboxylic acids is 2. The molecule has 0 radical (unpaired) electrons. The van der Waals surface area contributed by atoms with E-state index in [2.05, 4.69) is 20.3 Å². The molecule has 18 heavy (non-hydrogen) atoms. The van der Waals surface area contributed by atoms with Crippen LogP contribution in [-0.4, -0.2) is 47.9 Å². The molecule has 0 bridgehead atoms. The van der Waals surface area contributed by atoms with Crippen molar-refractivity contribution in [2.24, 2.45) is 0 Å². The zero-order valence-electron chi connectivity index (χ0n) is 10.1. The van der Waals surface area contributed by atoms with Crippen LogP contribution in [-0.2, 0) is 14.3 Å². The number of amides is 2. The van der Waals surface area contributed by atoms with Crippen LogP contribution in [0.25, 0.3) is 0 Å². The molecule has 2 amide bonds. The fourth-order valence-corrected chi connectivity index (χ4v) is 1.16. The Bertz CT molecular complexity index is 402. The molecule has 0 spiro atoms. The van der Waals surface area contributed by atoms with Gasteiger partial charge in [-0.3, -0.25) is 14.9 Å². The maximum atomic E-state index is 11.4. The summed E-state index contributed by atoms with van der Waals surface area (Å²) in [5, 5.41) is 17.6. The van der Waals surface area contributed by atoms with Crippen molar-refractivity contribution < 1.29 is 24.0 Å². The standard InChI is InChI=1S/C10H15N3O5/c1-10(16,6-17-2)5-11-8(14)9(15)12-7-3-4-18-13-7/h3-4,16H,5-6H2,1-2H3,(H,11,14)(H,12,13,15)/t10-/m1/s1. The summed E-state index contributed by atoms with van der Waals surface area (Å²) in [6, 6.07) is 1.40. The molecule has 8 nitrogen and oxygen atoms in total. The van der Waals surface area contributed by atoms with Gasteiger partial charge in [0.2, 0.25) is 0 Å². The molecule has 0 unspecified atom stereocenters. The van der Waals surface area contributed by atoms with E-state index in [9.17, 15) is 14.7 Å². The van der Waals surface area contributed by atoms with Gasteiger partial charge in [0.1, 0.15) is 11.9 Å². The Labute approximate surface area is 103 Å². The zero-order chi connectivity index (χ0) is 13.6. The summed E-state index contributed by atoms with van der Waals surface area (Å²) in [5.74, 6) is -1.63. The van der Waals surface area contributed by atoms with Crippen molar-refractivity contribution in [3.8, 4) is 0 Å². The van der Waals surface area contributed by atoms with Crippen LogP contribution < -0.4 is 10.6 Å². The summed E-state index contributed by atoms with van der Waals surface area (Å²) >= 11 is 0. The molecular weight excluding hydrogens is 242 g/mol. The second-order valence-corrected chi connectivity index (χ2v) is 3.95. The average Bonchev–Trinajstić information content (AvgIpc) is 2.78. The van der Waals surface area contributed by atoms with Crippen molar-refractivity contribution in [2.75, 3.05) is 25.6 Å². The van der Waals surface area contributed by atoms with Crippen LogP contribution in [0.3, 0.4) is 0 Å². The number of nitrogens with one attached hydrogen (secondary N) is 2. The van der Waals surface area contributed by atoms with Gasteiger partial charge in [0.05, 0.1) is 6.61 Å². The molecule has 1 aromatic rings. The Morgan fingerprint density at radius 1 is 1.56 bits per heavy atom. The molecule has 1 heterocycles. The van der Waals surface area contributed by atoms with E-state index >= 15 is 0 Å². The first-order valence-corrected chi connectivity index (χ1v) is 5.15. The number of rotatable bonds is 5. The predicted octanol–water partition coefficient (Wildman–Crippen LogP) is -0.873. The molecule has 3 N–H and O–H groups in total. The number of aliphatic hydroxyl groups is 1.